The van der Waals surface area contributed by atoms with Gasteiger partial charge in [-0.2, -0.15) is 8.78 Å². The molecule has 0 unspecified atom stereocenters. The highest BCUT2D eigenvalue weighted by Gasteiger charge is 2.51. The summed E-state index contributed by atoms with van der Waals surface area (Å²) in [5.41, 5.74) is -1.56. The molecule has 2 aromatic heterocycles. The van der Waals surface area contributed by atoms with E-state index in [1.165, 1.54) is 26.8 Å². The Morgan fingerprint density at radius 2 is 1.44 bits per heavy atom. The third-order valence-electron chi connectivity index (χ3n) is 16.7. The number of piperazine rings is 1. The molecule has 0 radical (unpaired) electrons. The average molecular weight is 1290 g/mol. The maximum absolute atomic E-state index is 15.0. The Morgan fingerprint density at radius 1 is 0.764 bits per heavy atom. The van der Waals surface area contributed by atoms with E-state index in [2.05, 4.69) is 26.3 Å². The van der Waals surface area contributed by atoms with Crippen molar-refractivity contribution in [2.45, 2.75) is 148 Å². The Bertz CT molecular complexity index is 3480. The quantitative estimate of drug-likeness (QED) is 0.0231. The first kappa shape index (κ1) is 67.9. The van der Waals surface area contributed by atoms with Crippen molar-refractivity contribution in [3.05, 3.63) is 112 Å². The Kier molecular flexibility index (Phi) is 21.4. The summed E-state index contributed by atoms with van der Waals surface area (Å²) < 4.78 is 41.3. The lowest BCUT2D eigenvalue weighted by Gasteiger charge is -2.45. The minimum absolute atomic E-state index is 0.000623. The second-order valence-corrected chi connectivity index (χ2v) is 29.1. The van der Waals surface area contributed by atoms with Gasteiger partial charge in [-0.05, 0) is 90.6 Å². The summed E-state index contributed by atoms with van der Waals surface area (Å²) >= 11 is 2.46. The molecular formula is C63H80F2N9O12PS2. The van der Waals surface area contributed by atoms with Crippen LogP contribution in [0.2, 0.25) is 0 Å². The number of rotatable bonds is 20. The highest BCUT2D eigenvalue weighted by atomic mass is 32.1. The lowest BCUT2D eigenvalue weighted by Crippen LogP contribution is -2.66. The van der Waals surface area contributed by atoms with Gasteiger partial charge in [0.25, 0.3) is 5.91 Å². The molecule has 0 aliphatic carbocycles. The predicted molar refractivity (Wildman–Crippen MR) is 333 cm³/mol. The molecule has 89 heavy (non-hydrogen) atoms. The second kappa shape index (κ2) is 28.0. The van der Waals surface area contributed by atoms with Crippen LogP contribution in [-0.4, -0.2) is 163 Å². The molecule has 0 bridgehead atoms. The van der Waals surface area contributed by atoms with Crippen molar-refractivity contribution in [1.82, 2.24) is 45.9 Å². The van der Waals surface area contributed by atoms with Crippen LogP contribution in [0.1, 0.15) is 137 Å². The smallest absolute Gasteiger partial charge is 0.391 e. The van der Waals surface area contributed by atoms with E-state index in [9.17, 15) is 66.6 Å². The number of aromatic nitrogens is 1. The fourth-order valence-corrected chi connectivity index (χ4v) is 13.8. The highest BCUT2D eigenvalue weighted by Crippen LogP contribution is 2.59. The first-order valence-electron chi connectivity index (χ1n) is 29.9. The van der Waals surface area contributed by atoms with Gasteiger partial charge in [-0.3, -0.25) is 42.9 Å². The van der Waals surface area contributed by atoms with Crippen LogP contribution >= 0.6 is 30.3 Å². The van der Waals surface area contributed by atoms with Gasteiger partial charge in [-0.15, -0.1) is 22.7 Å². The van der Waals surface area contributed by atoms with Gasteiger partial charge in [0, 0.05) is 68.3 Å². The maximum atomic E-state index is 15.0. The third kappa shape index (κ3) is 16.3. The molecule has 5 heterocycles. The van der Waals surface area contributed by atoms with E-state index in [1.807, 2.05) is 68.4 Å². The zero-order valence-corrected chi connectivity index (χ0v) is 53.8. The topological polar surface area (TPSA) is 288 Å². The van der Waals surface area contributed by atoms with Crippen molar-refractivity contribution in [3.8, 4) is 10.4 Å². The van der Waals surface area contributed by atoms with E-state index in [-0.39, 0.29) is 61.7 Å². The normalized spacial score (nSPS) is 19.5. The van der Waals surface area contributed by atoms with Crippen LogP contribution in [0, 0.1) is 17.8 Å². The SMILES string of the molecule is Cc1ncsc1-c1ccc([C@H](C)NC(=O)[C@@H]2C[C@@H](O)CN2C(=O)[C@@H](NC(=O)CCCCNC(=O)CC(=O)N2CCN(C(=O)[C@@H](NC(=O)c3cc4cc(C(F)(F)P(=O)(O)O)ccc4s3)C(C)(C)C)[C@H](C(=O)N3CCC[C@H](c4ccccc4)C3)C2)C(C)(C)C)cc1. The van der Waals surface area contributed by atoms with Crippen molar-refractivity contribution in [2.75, 3.05) is 45.8 Å². The third-order valence-corrected chi connectivity index (χ3v) is 19.8. The summed E-state index contributed by atoms with van der Waals surface area (Å²) in [6, 6.07) is 16.9. The zero-order chi connectivity index (χ0) is 64.9. The number of fused-ring (bicyclic) bond motifs is 1. The Morgan fingerprint density at radius 3 is 2.09 bits per heavy atom. The summed E-state index contributed by atoms with van der Waals surface area (Å²) in [6.45, 7) is 14.6. The standard InChI is InChI=1S/C63H80F2N9O12PS2/c1-37(39-19-21-41(22-20-39)53-38(2)67-36-88-53)68-56(79)46-31-45(75)34-74(46)60(83)54(61(3,4)5)69-50(76)18-12-13-25-66-51(77)32-52(78)71-27-28-73(47(35-71)58(81)72-26-14-17-42(33-72)40-15-10-9-11-16-40)59(82)55(62(6,7)8)70-57(80)49-30-43-29-44(23-24-48(43)89-49)63(64,65)87(84,85)86/h9-11,15-16,19-24,29-30,36-37,42,45-47,54-55,75H,12-14,17-18,25-28,31-35H2,1-8H3,(H,66,77)(H,68,79)(H,69,76)(H,70,80)(H2,84,85,86)/t37-,42-,45+,46-,47-,54+,55+/m0/s1. The van der Waals surface area contributed by atoms with Crippen LogP contribution in [0.5, 0.6) is 0 Å². The van der Waals surface area contributed by atoms with E-state index < -0.39 is 120 Å². The number of aliphatic hydroxyl groups excluding tert-OH is 1. The number of hydrogen-bond donors (Lipinski definition) is 7. The number of hydrogen-bond acceptors (Lipinski definition) is 13. The molecule has 26 heteroatoms. The van der Waals surface area contributed by atoms with Gasteiger partial charge in [0.15, 0.2) is 0 Å². The van der Waals surface area contributed by atoms with Gasteiger partial charge < -0.3 is 55.8 Å². The van der Waals surface area contributed by atoms with Crippen molar-refractivity contribution in [2.24, 2.45) is 10.8 Å². The van der Waals surface area contributed by atoms with Crippen LogP contribution in [0.3, 0.4) is 0 Å². The van der Waals surface area contributed by atoms with Gasteiger partial charge in [0.1, 0.15) is 30.6 Å². The summed E-state index contributed by atoms with van der Waals surface area (Å²) in [6.07, 6.45) is 0.595. The minimum Gasteiger partial charge on any atom is -0.391 e. The molecule has 3 aliphatic heterocycles. The van der Waals surface area contributed by atoms with Crippen LogP contribution in [0.4, 0.5) is 8.78 Å². The number of benzene rings is 3. The molecule has 3 aromatic carbocycles. The fourth-order valence-electron chi connectivity index (χ4n) is 11.6. The van der Waals surface area contributed by atoms with Crippen LogP contribution < -0.4 is 21.3 Å². The van der Waals surface area contributed by atoms with Gasteiger partial charge in [-0.1, -0.05) is 102 Å². The summed E-state index contributed by atoms with van der Waals surface area (Å²) in [4.78, 5) is 143. The summed E-state index contributed by atoms with van der Waals surface area (Å²) in [5.74, 6) is -4.33. The minimum atomic E-state index is -5.88. The molecule has 0 saturated carbocycles. The van der Waals surface area contributed by atoms with Crippen molar-refractivity contribution < 1.29 is 66.6 Å². The van der Waals surface area contributed by atoms with Crippen LogP contribution in [-0.2, 0) is 43.8 Å². The van der Waals surface area contributed by atoms with Crippen molar-refractivity contribution in [1.29, 1.82) is 0 Å². The maximum Gasteiger partial charge on any atom is 0.399 e. The highest BCUT2D eigenvalue weighted by molar-refractivity contribution is 7.52. The molecule has 3 fully saturated rings. The van der Waals surface area contributed by atoms with Crippen LogP contribution in [0.15, 0.2) is 84.4 Å². The molecule has 5 aromatic rings. The lowest BCUT2D eigenvalue weighted by molar-refractivity contribution is -0.155. The largest absolute Gasteiger partial charge is 0.399 e. The first-order valence-corrected chi connectivity index (χ1v) is 33.2. The number of β-amino-alcohol motifs (C(OH)–C–C–N with tert-alkyl or cyclic N) is 1. The lowest BCUT2D eigenvalue weighted by atomic mass is 9.85. The van der Waals surface area contributed by atoms with Gasteiger partial charge >= 0.3 is 13.3 Å². The second-order valence-electron chi connectivity index (χ2n) is 25.5. The number of piperidine rings is 1. The van der Waals surface area contributed by atoms with E-state index in [0.29, 0.717) is 37.1 Å². The molecule has 0 spiro atoms. The summed E-state index contributed by atoms with van der Waals surface area (Å²) in [5, 5.41) is 22.3. The number of nitrogens with zero attached hydrogens (tertiary/aromatic N) is 5. The number of aliphatic hydroxyl groups is 1. The predicted octanol–water partition coefficient (Wildman–Crippen LogP) is 7.20. The van der Waals surface area contributed by atoms with Crippen LogP contribution in [0.25, 0.3) is 20.5 Å². The number of aryl methyl sites for hydroxylation is 1. The number of halogens is 2. The molecule has 8 amide bonds. The molecule has 7 atom stereocenters. The molecule has 8 rings (SSSR count). The number of thiazole rings is 1. The first-order chi connectivity index (χ1) is 41.8. The van der Waals surface area contributed by atoms with Gasteiger partial charge in [0.05, 0.1) is 39.6 Å². The molecular weight excluding hydrogens is 1210 g/mol. The Labute approximate surface area is 524 Å². The molecule has 3 saturated heterocycles. The van der Waals surface area contributed by atoms with E-state index >= 15 is 0 Å². The molecule has 3 aliphatic rings. The number of unbranched alkanes of at least 4 members (excludes halogenated alkanes) is 1. The van der Waals surface area contributed by atoms with Crippen molar-refractivity contribution in [3.63, 3.8) is 0 Å². The van der Waals surface area contributed by atoms with Gasteiger partial charge in [-0.25, -0.2) is 4.98 Å². The monoisotopic (exact) mass is 1290 g/mol. The Hall–Kier alpha value is -7.02. The number of amides is 8. The number of alkyl halides is 2. The van der Waals surface area contributed by atoms with E-state index in [4.69, 9.17) is 0 Å². The average Bonchev–Trinajstić information content (AvgIpc) is 1.89. The number of thiophene rings is 1. The number of carbonyl (C=O) groups is 8. The van der Waals surface area contributed by atoms with E-state index in [0.717, 1.165) is 57.2 Å². The molecule has 7 N–H and O–H groups in total. The summed E-state index contributed by atoms with van der Waals surface area (Å²) in [7, 11) is -5.88. The number of likely N-dealkylation sites (tertiary alicyclic amines) is 2. The molecule has 21 nitrogen and oxygen atoms in total. The number of nitrogens with one attached hydrogen (secondary N) is 4. The Balaban J connectivity index is 0.860. The number of carbonyl (C=O) groups excluding carboxylic acids is 8. The fraction of sp³-hybridized carbons (Fsp3) is 0.508. The zero-order valence-electron chi connectivity index (χ0n) is 51.3. The molecule has 480 valence electrons. The van der Waals surface area contributed by atoms with E-state index in [1.54, 1.807) is 63.3 Å². The van der Waals surface area contributed by atoms with Crippen molar-refractivity contribution >= 4 is 87.6 Å². The van der Waals surface area contributed by atoms with Gasteiger partial charge in [0.2, 0.25) is 41.4 Å².